The highest BCUT2D eigenvalue weighted by Crippen LogP contribution is 2.12. The molecule has 3 heteroatoms. The van der Waals surface area contributed by atoms with Crippen LogP contribution in [0.4, 0.5) is 0 Å². The monoisotopic (exact) mass is 298 g/mol. The van der Waals surface area contributed by atoms with Crippen LogP contribution < -0.4 is 11.1 Å². The van der Waals surface area contributed by atoms with E-state index in [1.165, 1.54) is 5.56 Å². The van der Waals surface area contributed by atoms with E-state index in [2.05, 4.69) is 59.4 Å². The third kappa shape index (κ3) is 5.66. The maximum atomic E-state index is 5.74. The van der Waals surface area contributed by atoms with Gasteiger partial charge in [0.05, 0.1) is 0 Å². The molecule has 0 amide bonds. The van der Waals surface area contributed by atoms with Crippen LogP contribution in [0.2, 0.25) is 0 Å². The molecule has 1 atom stereocenters. The van der Waals surface area contributed by atoms with Crippen molar-refractivity contribution in [2.45, 2.75) is 20.3 Å². The van der Waals surface area contributed by atoms with Crippen LogP contribution in [-0.4, -0.2) is 19.6 Å². The molecule has 0 aliphatic carbocycles. The number of nitrogens with two attached hydrogens (primary N) is 1. The van der Waals surface area contributed by atoms with Gasteiger partial charge in [0.25, 0.3) is 0 Å². The second-order valence-electron chi connectivity index (χ2n) is 4.82. The Kier molecular flexibility index (Phi) is 6.78. The summed E-state index contributed by atoms with van der Waals surface area (Å²) in [5, 5.41) is 3.49. The third-order valence-corrected chi connectivity index (χ3v) is 3.62. The van der Waals surface area contributed by atoms with Crippen molar-refractivity contribution in [1.29, 1.82) is 0 Å². The summed E-state index contributed by atoms with van der Waals surface area (Å²) in [5.41, 5.74) is 7.10. The molecule has 2 nitrogen and oxygen atoms in total. The summed E-state index contributed by atoms with van der Waals surface area (Å²) in [6, 6.07) is 8.47. The van der Waals surface area contributed by atoms with Crippen molar-refractivity contribution in [1.82, 2.24) is 5.32 Å². The van der Waals surface area contributed by atoms with E-state index >= 15 is 0 Å². The van der Waals surface area contributed by atoms with Gasteiger partial charge in [-0.3, -0.25) is 0 Å². The van der Waals surface area contributed by atoms with Gasteiger partial charge in [-0.25, -0.2) is 0 Å². The molecule has 1 rings (SSSR count). The minimum absolute atomic E-state index is 0.581. The highest BCUT2D eigenvalue weighted by atomic mass is 79.9. The Bertz CT molecular complexity index is 326. The molecule has 0 bridgehead atoms. The standard InChI is InChI=1S/C14H23BrN2/c1-11(2)13(9-16)10-17-7-6-12-4-3-5-14(15)8-12/h3-5,8,11,13,17H,6-7,9-10,16H2,1-2H3. The molecule has 0 aromatic heterocycles. The van der Waals surface area contributed by atoms with E-state index in [1.807, 2.05) is 0 Å². The van der Waals surface area contributed by atoms with Crippen LogP contribution in [0.15, 0.2) is 28.7 Å². The molecule has 0 saturated heterocycles. The van der Waals surface area contributed by atoms with Crippen molar-refractivity contribution in [3.8, 4) is 0 Å². The number of nitrogens with one attached hydrogen (secondary N) is 1. The van der Waals surface area contributed by atoms with Gasteiger partial charge in [0.1, 0.15) is 0 Å². The maximum Gasteiger partial charge on any atom is 0.0178 e. The Morgan fingerprint density at radius 3 is 2.71 bits per heavy atom. The van der Waals surface area contributed by atoms with Crippen LogP contribution in [0.3, 0.4) is 0 Å². The molecule has 0 aliphatic rings. The smallest absolute Gasteiger partial charge is 0.0178 e. The number of halogens is 1. The first kappa shape index (κ1) is 14.7. The predicted molar refractivity (Wildman–Crippen MR) is 78.1 cm³/mol. The summed E-state index contributed by atoms with van der Waals surface area (Å²) in [6.07, 6.45) is 1.06. The highest BCUT2D eigenvalue weighted by molar-refractivity contribution is 9.10. The van der Waals surface area contributed by atoms with Crippen LogP contribution in [0.5, 0.6) is 0 Å². The van der Waals surface area contributed by atoms with Crippen molar-refractivity contribution in [3.63, 3.8) is 0 Å². The topological polar surface area (TPSA) is 38.0 Å². The molecular formula is C14H23BrN2. The summed E-state index contributed by atoms with van der Waals surface area (Å²) >= 11 is 3.49. The molecule has 1 aromatic carbocycles. The number of rotatable bonds is 7. The SMILES string of the molecule is CC(C)C(CN)CNCCc1cccc(Br)c1. The second kappa shape index (κ2) is 7.85. The zero-order valence-electron chi connectivity index (χ0n) is 10.7. The van der Waals surface area contributed by atoms with E-state index in [-0.39, 0.29) is 0 Å². The minimum atomic E-state index is 0.581. The van der Waals surface area contributed by atoms with Gasteiger partial charge in [-0.2, -0.15) is 0 Å². The Balaban J connectivity index is 2.24. The molecule has 0 heterocycles. The van der Waals surface area contributed by atoms with Crippen LogP contribution >= 0.6 is 15.9 Å². The van der Waals surface area contributed by atoms with Gasteiger partial charge in [-0.1, -0.05) is 41.9 Å². The van der Waals surface area contributed by atoms with E-state index in [0.29, 0.717) is 11.8 Å². The van der Waals surface area contributed by atoms with Crippen LogP contribution in [0.1, 0.15) is 19.4 Å². The van der Waals surface area contributed by atoms with Gasteiger partial charge in [0.2, 0.25) is 0 Å². The average Bonchev–Trinajstić information content (AvgIpc) is 2.28. The van der Waals surface area contributed by atoms with E-state index in [0.717, 1.165) is 30.5 Å². The zero-order chi connectivity index (χ0) is 12.7. The largest absolute Gasteiger partial charge is 0.330 e. The van der Waals surface area contributed by atoms with Crippen molar-refractivity contribution in [2.75, 3.05) is 19.6 Å². The molecule has 3 N–H and O–H groups in total. The first-order chi connectivity index (χ1) is 8.13. The molecule has 0 saturated carbocycles. The molecule has 96 valence electrons. The predicted octanol–water partition coefficient (Wildman–Crippen LogP) is 2.81. The fourth-order valence-corrected chi connectivity index (χ4v) is 2.25. The number of hydrogen-bond acceptors (Lipinski definition) is 2. The van der Waals surface area contributed by atoms with Gasteiger partial charge < -0.3 is 11.1 Å². The van der Waals surface area contributed by atoms with Crippen LogP contribution in [-0.2, 0) is 6.42 Å². The van der Waals surface area contributed by atoms with Gasteiger partial charge in [0.15, 0.2) is 0 Å². The number of benzene rings is 1. The van der Waals surface area contributed by atoms with Gasteiger partial charge >= 0.3 is 0 Å². The van der Waals surface area contributed by atoms with E-state index < -0.39 is 0 Å². The molecule has 1 aromatic rings. The lowest BCUT2D eigenvalue weighted by Crippen LogP contribution is -2.32. The van der Waals surface area contributed by atoms with Crippen molar-refractivity contribution < 1.29 is 0 Å². The van der Waals surface area contributed by atoms with Crippen molar-refractivity contribution >= 4 is 15.9 Å². The Morgan fingerprint density at radius 1 is 1.35 bits per heavy atom. The summed E-state index contributed by atoms with van der Waals surface area (Å²) in [7, 11) is 0. The van der Waals surface area contributed by atoms with Gasteiger partial charge in [-0.05, 0) is 55.6 Å². The van der Waals surface area contributed by atoms with Gasteiger partial charge in [0, 0.05) is 4.47 Å². The minimum Gasteiger partial charge on any atom is -0.330 e. The lowest BCUT2D eigenvalue weighted by atomic mass is 9.96. The average molecular weight is 299 g/mol. The van der Waals surface area contributed by atoms with E-state index in [9.17, 15) is 0 Å². The molecule has 1 unspecified atom stereocenters. The Hall–Kier alpha value is -0.380. The van der Waals surface area contributed by atoms with E-state index in [1.54, 1.807) is 0 Å². The lowest BCUT2D eigenvalue weighted by Gasteiger charge is -2.19. The van der Waals surface area contributed by atoms with E-state index in [4.69, 9.17) is 5.73 Å². The molecule has 17 heavy (non-hydrogen) atoms. The summed E-state index contributed by atoms with van der Waals surface area (Å²) < 4.78 is 1.15. The van der Waals surface area contributed by atoms with Crippen LogP contribution in [0, 0.1) is 11.8 Å². The molecule has 0 fully saturated rings. The molecule has 0 spiro atoms. The third-order valence-electron chi connectivity index (χ3n) is 3.13. The van der Waals surface area contributed by atoms with Crippen LogP contribution in [0.25, 0.3) is 0 Å². The summed E-state index contributed by atoms with van der Waals surface area (Å²) in [6.45, 7) is 7.25. The molecule has 0 aliphatic heterocycles. The zero-order valence-corrected chi connectivity index (χ0v) is 12.3. The summed E-state index contributed by atoms with van der Waals surface area (Å²) in [5.74, 6) is 1.23. The number of hydrogen-bond donors (Lipinski definition) is 2. The fraction of sp³-hybridized carbons (Fsp3) is 0.571. The first-order valence-corrected chi connectivity index (χ1v) is 7.08. The Labute approximate surface area is 113 Å². The second-order valence-corrected chi connectivity index (χ2v) is 5.74. The molecule has 0 radical (unpaired) electrons. The maximum absolute atomic E-state index is 5.74. The van der Waals surface area contributed by atoms with Gasteiger partial charge in [-0.15, -0.1) is 0 Å². The van der Waals surface area contributed by atoms with Crippen molar-refractivity contribution in [3.05, 3.63) is 34.3 Å². The first-order valence-electron chi connectivity index (χ1n) is 6.28. The lowest BCUT2D eigenvalue weighted by molar-refractivity contribution is 0.372. The normalized spacial score (nSPS) is 13.0. The quantitative estimate of drug-likeness (QED) is 0.760. The highest BCUT2D eigenvalue weighted by Gasteiger charge is 2.10. The fourth-order valence-electron chi connectivity index (χ4n) is 1.80. The summed E-state index contributed by atoms with van der Waals surface area (Å²) in [4.78, 5) is 0. The Morgan fingerprint density at radius 2 is 2.12 bits per heavy atom. The van der Waals surface area contributed by atoms with Crippen molar-refractivity contribution in [2.24, 2.45) is 17.6 Å². The molecular weight excluding hydrogens is 276 g/mol.